The minimum absolute atomic E-state index is 0.288. The van der Waals surface area contributed by atoms with E-state index in [2.05, 4.69) is 9.97 Å². The molecule has 76 valence electrons. The first-order valence-electron chi connectivity index (χ1n) is 4.39. The van der Waals surface area contributed by atoms with E-state index >= 15 is 0 Å². The van der Waals surface area contributed by atoms with Crippen LogP contribution in [0.1, 0.15) is 13.8 Å². The number of hydrogen-bond acceptors (Lipinski definition) is 2. The number of aromatic nitrogens is 3. The third-order valence-corrected chi connectivity index (χ3v) is 1.68. The van der Waals surface area contributed by atoms with Gasteiger partial charge in [0.25, 0.3) is 0 Å². The van der Waals surface area contributed by atoms with Crippen molar-refractivity contribution in [3.63, 3.8) is 0 Å². The fourth-order valence-corrected chi connectivity index (χ4v) is 1.04. The molecule has 0 aliphatic heterocycles. The summed E-state index contributed by atoms with van der Waals surface area (Å²) < 4.78 is 14.1. The molecule has 0 aliphatic carbocycles. The summed E-state index contributed by atoms with van der Waals surface area (Å²) >= 11 is 0. The number of halogens is 1. The second-order valence-electron chi connectivity index (χ2n) is 2.53. The van der Waals surface area contributed by atoms with E-state index in [0.29, 0.717) is 5.39 Å². The van der Waals surface area contributed by atoms with Crippen LogP contribution in [0.5, 0.6) is 0 Å². The Kier molecular flexibility index (Phi) is 3.01. The summed E-state index contributed by atoms with van der Waals surface area (Å²) in [4.78, 5) is 17.1. The molecule has 14 heavy (non-hydrogen) atoms. The van der Waals surface area contributed by atoms with E-state index in [1.54, 1.807) is 0 Å². The molecule has 0 amide bonds. The number of nitrogens with zero attached hydrogens (tertiary/aromatic N) is 2. The van der Waals surface area contributed by atoms with Crippen molar-refractivity contribution < 1.29 is 4.39 Å². The number of hydrogen-bond donors (Lipinski definition) is 1. The van der Waals surface area contributed by atoms with Gasteiger partial charge in [-0.3, -0.25) is 0 Å². The van der Waals surface area contributed by atoms with Crippen LogP contribution in [0.4, 0.5) is 4.39 Å². The van der Waals surface area contributed by atoms with Crippen LogP contribution < -0.4 is 5.69 Å². The largest absolute Gasteiger partial charge is 0.349 e. The Balaban J connectivity index is 0.000000461. The first kappa shape index (κ1) is 10.4. The highest BCUT2D eigenvalue weighted by molar-refractivity contribution is 5.74. The average molecular weight is 197 g/mol. The van der Waals surface area contributed by atoms with Crippen molar-refractivity contribution >= 4 is 11.0 Å². The molecule has 0 aromatic carbocycles. The summed E-state index contributed by atoms with van der Waals surface area (Å²) in [6.07, 6.45) is 2.59. The molecule has 4 nitrogen and oxygen atoms in total. The number of aromatic amines is 1. The molecule has 0 saturated carbocycles. The highest BCUT2D eigenvalue weighted by Gasteiger charge is 2.04. The molecule has 0 atom stereocenters. The summed E-state index contributed by atoms with van der Waals surface area (Å²) in [5.74, 6) is -0.395. The molecule has 0 saturated heterocycles. The van der Waals surface area contributed by atoms with Crippen molar-refractivity contribution in [1.29, 1.82) is 0 Å². The van der Waals surface area contributed by atoms with Gasteiger partial charge in [0.1, 0.15) is 5.65 Å². The monoisotopic (exact) mass is 197 g/mol. The predicted molar refractivity (Wildman–Crippen MR) is 52.6 cm³/mol. The van der Waals surface area contributed by atoms with E-state index in [1.165, 1.54) is 24.0 Å². The average Bonchev–Trinajstić information content (AvgIpc) is 2.53. The van der Waals surface area contributed by atoms with Crippen LogP contribution >= 0.6 is 0 Å². The van der Waals surface area contributed by atoms with Crippen LogP contribution in [0.15, 0.2) is 17.2 Å². The fourth-order valence-electron chi connectivity index (χ4n) is 1.04. The second kappa shape index (κ2) is 4.04. The standard InChI is InChI=1S/C7H6FN3O.C2H6/c1-11-3-4-5(8)2-9-6(4)10-7(11)12;1-2/h2-3H,1H3,(H,9,10,12);1-2H3. The number of nitrogens with one attached hydrogen (secondary N) is 1. The molecule has 2 heterocycles. The van der Waals surface area contributed by atoms with E-state index in [0.717, 1.165) is 0 Å². The fraction of sp³-hybridized carbons (Fsp3) is 0.333. The molecule has 0 aliphatic rings. The molecular formula is C9H12FN3O. The normalized spacial score (nSPS) is 9.71. The van der Waals surface area contributed by atoms with E-state index in [-0.39, 0.29) is 5.65 Å². The molecule has 0 spiro atoms. The summed E-state index contributed by atoms with van der Waals surface area (Å²) in [5.41, 5.74) is -0.111. The lowest BCUT2D eigenvalue weighted by molar-refractivity contribution is 0.638. The lowest BCUT2D eigenvalue weighted by atomic mass is 10.4. The lowest BCUT2D eigenvalue weighted by Crippen LogP contribution is -2.18. The maximum Gasteiger partial charge on any atom is 0.349 e. The van der Waals surface area contributed by atoms with Crippen molar-refractivity contribution in [2.75, 3.05) is 0 Å². The van der Waals surface area contributed by atoms with Crippen LogP contribution in [-0.2, 0) is 7.05 Å². The van der Waals surface area contributed by atoms with Gasteiger partial charge in [0.05, 0.1) is 5.39 Å². The zero-order chi connectivity index (χ0) is 10.7. The van der Waals surface area contributed by atoms with Crippen LogP contribution in [-0.4, -0.2) is 14.5 Å². The highest BCUT2D eigenvalue weighted by Crippen LogP contribution is 2.10. The second-order valence-corrected chi connectivity index (χ2v) is 2.53. The van der Waals surface area contributed by atoms with Crippen LogP contribution in [0.25, 0.3) is 11.0 Å². The van der Waals surface area contributed by atoms with Gasteiger partial charge in [0.15, 0.2) is 5.82 Å². The molecule has 2 aromatic heterocycles. The first-order valence-corrected chi connectivity index (χ1v) is 4.39. The number of fused-ring (bicyclic) bond motifs is 1. The van der Waals surface area contributed by atoms with Gasteiger partial charge in [-0.2, -0.15) is 4.98 Å². The molecule has 5 heteroatoms. The minimum Gasteiger partial charge on any atom is -0.343 e. The maximum absolute atomic E-state index is 12.9. The quantitative estimate of drug-likeness (QED) is 0.694. The summed E-state index contributed by atoms with van der Waals surface area (Å²) in [6.45, 7) is 4.00. The van der Waals surface area contributed by atoms with Gasteiger partial charge in [0.2, 0.25) is 0 Å². The molecule has 1 N–H and O–H groups in total. The minimum atomic E-state index is -0.399. The van der Waals surface area contributed by atoms with Crippen molar-refractivity contribution in [3.8, 4) is 0 Å². The Bertz CT molecular complexity index is 486. The molecule has 0 unspecified atom stereocenters. The van der Waals surface area contributed by atoms with Crippen molar-refractivity contribution in [2.45, 2.75) is 13.8 Å². The smallest absolute Gasteiger partial charge is 0.343 e. The van der Waals surface area contributed by atoms with Crippen molar-refractivity contribution in [2.24, 2.45) is 7.05 Å². The van der Waals surface area contributed by atoms with Crippen LogP contribution in [0, 0.1) is 5.82 Å². The Hall–Kier alpha value is -1.65. The topological polar surface area (TPSA) is 50.7 Å². The molecule has 0 fully saturated rings. The Morgan fingerprint density at radius 3 is 2.79 bits per heavy atom. The van der Waals surface area contributed by atoms with E-state index in [4.69, 9.17) is 0 Å². The zero-order valence-electron chi connectivity index (χ0n) is 8.34. The summed E-state index contributed by atoms with van der Waals surface area (Å²) in [5, 5.41) is 0.331. The van der Waals surface area contributed by atoms with Gasteiger partial charge in [-0.05, 0) is 0 Å². The van der Waals surface area contributed by atoms with E-state index in [1.807, 2.05) is 13.8 Å². The van der Waals surface area contributed by atoms with Gasteiger partial charge in [-0.25, -0.2) is 9.18 Å². The first-order chi connectivity index (χ1) is 6.68. The third-order valence-electron chi connectivity index (χ3n) is 1.68. The van der Waals surface area contributed by atoms with Crippen LogP contribution in [0.3, 0.4) is 0 Å². The SMILES string of the molecule is CC.Cn1cc2c(F)c[nH]c2nc1=O. The zero-order valence-corrected chi connectivity index (χ0v) is 8.34. The Morgan fingerprint density at radius 2 is 2.14 bits per heavy atom. The van der Waals surface area contributed by atoms with Crippen molar-refractivity contribution in [3.05, 3.63) is 28.7 Å². The van der Waals surface area contributed by atoms with Crippen molar-refractivity contribution in [1.82, 2.24) is 14.5 Å². The molecule has 2 aromatic rings. The molecular weight excluding hydrogens is 185 g/mol. The number of rotatable bonds is 0. The molecule has 2 rings (SSSR count). The highest BCUT2D eigenvalue weighted by atomic mass is 19.1. The Morgan fingerprint density at radius 1 is 1.50 bits per heavy atom. The molecule has 0 bridgehead atoms. The summed E-state index contributed by atoms with van der Waals surface area (Å²) in [6, 6.07) is 0. The van der Waals surface area contributed by atoms with Gasteiger partial charge in [-0.1, -0.05) is 13.8 Å². The van der Waals surface area contributed by atoms with Gasteiger partial charge in [-0.15, -0.1) is 0 Å². The van der Waals surface area contributed by atoms with E-state index < -0.39 is 11.5 Å². The maximum atomic E-state index is 12.9. The Labute approximate surface area is 80.4 Å². The summed E-state index contributed by atoms with van der Waals surface area (Å²) in [7, 11) is 1.53. The van der Waals surface area contributed by atoms with Gasteiger partial charge < -0.3 is 9.55 Å². The van der Waals surface area contributed by atoms with Gasteiger partial charge in [0, 0.05) is 19.4 Å². The van der Waals surface area contributed by atoms with E-state index in [9.17, 15) is 9.18 Å². The number of aryl methyl sites for hydroxylation is 1. The predicted octanol–water partition coefficient (Wildman–Crippen LogP) is 1.43. The van der Waals surface area contributed by atoms with Gasteiger partial charge >= 0.3 is 5.69 Å². The number of H-pyrrole nitrogens is 1. The third kappa shape index (κ3) is 1.66. The lowest BCUT2D eigenvalue weighted by Gasteiger charge is -1.93. The van der Waals surface area contributed by atoms with Crippen LogP contribution in [0.2, 0.25) is 0 Å². The molecule has 0 radical (unpaired) electrons.